The SMILES string of the molecule is CN(CCCOc1ccccc1)S(=O)(=O)c1ccc(F)cc1. The molecule has 0 spiro atoms. The molecule has 0 atom stereocenters. The molecule has 6 heteroatoms. The molecule has 0 bridgehead atoms. The number of para-hydroxylation sites is 1. The molecule has 118 valence electrons. The third-order valence-electron chi connectivity index (χ3n) is 3.15. The number of benzene rings is 2. The molecule has 2 aromatic rings. The minimum absolute atomic E-state index is 0.0837. The number of sulfonamides is 1. The average Bonchev–Trinajstić information content (AvgIpc) is 2.52. The molecular formula is C16H18FNO3S. The molecule has 2 rings (SSSR count). The van der Waals surface area contributed by atoms with Crippen LogP contribution >= 0.6 is 0 Å². The van der Waals surface area contributed by atoms with Gasteiger partial charge in [0.2, 0.25) is 10.0 Å². The second-order valence-electron chi connectivity index (χ2n) is 4.80. The third-order valence-corrected chi connectivity index (χ3v) is 5.02. The number of nitrogens with zero attached hydrogens (tertiary/aromatic N) is 1. The first-order valence-electron chi connectivity index (χ1n) is 6.90. The largest absolute Gasteiger partial charge is 0.494 e. The van der Waals surface area contributed by atoms with Crippen molar-refractivity contribution in [3.8, 4) is 5.75 Å². The van der Waals surface area contributed by atoms with Crippen molar-refractivity contribution in [1.29, 1.82) is 0 Å². The molecule has 0 N–H and O–H groups in total. The van der Waals surface area contributed by atoms with Gasteiger partial charge in [0.15, 0.2) is 0 Å². The van der Waals surface area contributed by atoms with Crippen molar-refractivity contribution in [3.63, 3.8) is 0 Å². The van der Waals surface area contributed by atoms with Crippen LogP contribution in [0.2, 0.25) is 0 Å². The van der Waals surface area contributed by atoms with Crippen LogP contribution in [0.1, 0.15) is 6.42 Å². The van der Waals surface area contributed by atoms with Crippen molar-refractivity contribution in [2.24, 2.45) is 0 Å². The first-order valence-corrected chi connectivity index (χ1v) is 8.34. The molecule has 4 nitrogen and oxygen atoms in total. The lowest BCUT2D eigenvalue weighted by atomic mass is 10.3. The maximum Gasteiger partial charge on any atom is 0.242 e. The van der Waals surface area contributed by atoms with E-state index in [0.29, 0.717) is 19.6 Å². The van der Waals surface area contributed by atoms with Crippen LogP contribution in [0.15, 0.2) is 59.5 Å². The zero-order valence-electron chi connectivity index (χ0n) is 12.3. The van der Waals surface area contributed by atoms with E-state index in [1.54, 1.807) is 0 Å². The minimum atomic E-state index is -3.59. The van der Waals surface area contributed by atoms with E-state index in [4.69, 9.17) is 4.74 Å². The average molecular weight is 323 g/mol. The summed E-state index contributed by atoms with van der Waals surface area (Å²) < 4.78 is 44.2. The predicted molar refractivity (Wildman–Crippen MR) is 82.8 cm³/mol. The minimum Gasteiger partial charge on any atom is -0.494 e. The number of halogens is 1. The van der Waals surface area contributed by atoms with E-state index in [1.807, 2.05) is 30.3 Å². The van der Waals surface area contributed by atoms with Crippen LogP contribution in [-0.4, -0.2) is 32.9 Å². The van der Waals surface area contributed by atoms with Gasteiger partial charge in [-0.25, -0.2) is 17.1 Å². The molecule has 0 aliphatic heterocycles. The Morgan fingerprint density at radius 1 is 1.05 bits per heavy atom. The van der Waals surface area contributed by atoms with Gasteiger partial charge in [-0.15, -0.1) is 0 Å². The summed E-state index contributed by atoms with van der Waals surface area (Å²) in [6, 6.07) is 14.1. The van der Waals surface area contributed by atoms with Crippen molar-refractivity contribution in [2.75, 3.05) is 20.2 Å². The molecule has 0 saturated carbocycles. The number of ether oxygens (including phenoxy) is 1. The molecule has 0 aliphatic carbocycles. The lowest BCUT2D eigenvalue weighted by Gasteiger charge is -2.17. The molecule has 0 heterocycles. The van der Waals surface area contributed by atoms with E-state index >= 15 is 0 Å². The molecule has 2 aromatic carbocycles. The highest BCUT2D eigenvalue weighted by molar-refractivity contribution is 7.89. The van der Waals surface area contributed by atoms with Gasteiger partial charge in [-0.05, 0) is 42.8 Å². The number of hydrogen-bond donors (Lipinski definition) is 0. The number of rotatable bonds is 7. The van der Waals surface area contributed by atoms with Crippen LogP contribution in [0.25, 0.3) is 0 Å². The fourth-order valence-corrected chi connectivity index (χ4v) is 3.11. The third kappa shape index (κ3) is 4.29. The summed E-state index contributed by atoms with van der Waals surface area (Å²) in [4.78, 5) is 0.0837. The van der Waals surface area contributed by atoms with Crippen LogP contribution in [0.5, 0.6) is 5.75 Å². The van der Waals surface area contributed by atoms with Crippen molar-refractivity contribution in [3.05, 3.63) is 60.4 Å². The fraction of sp³-hybridized carbons (Fsp3) is 0.250. The Morgan fingerprint density at radius 2 is 1.68 bits per heavy atom. The Bertz CT molecular complexity index is 687. The molecule has 22 heavy (non-hydrogen) atoms. The summed E-state index contributed by atoms with van der Waals surface area (Å²) in [7, 11) is -2.09. The van der Waals surface area contributed by atoms with Crippen LogP contribution in [0.3, 0.4) is 0 Å². The van der Waals surface area contributed by atoms with Crippen molar-refractivity contribution in [1.82, 2.24) is 4.31 Å². The molecule has 0 amide bonds. The van der Waals surface area contributed by atoms with Crippen molar-refractivity contribution < 1.29 is 17.5 Å². The number of hydrogen-bond acceptors (Lipinski definition) is 3. The van der Waals surface area contributed by atoms with Gasteiger partial charge in [0.25, 0.3) is 0 Å². The highest BCUT2D eigenvalue weighted by Crippen LogP contribution is 2.15. The smallest absolute Gasteiger partial charge is 0.242 e. The highest BCUT2D eigenvalue weighted by atomic mass is 32.2. The zero-order chi connectivity index (χ0) is 16.0. The molecule has 0 fully saturated rings. The Kier molecular flexibility index (Phi) is 5.51. The topological polar surface area (TPSA) is 46.6 Å². The molecule has 0 aromatic heterocycles. The normalized spacial score (nSPS) is 11.6. The lowest BCUT2D eigenvalue weighted by Crippen LogP contribution is -2.28. The van der Waals surface area contributed by atoms with E-state index in [0.717, 1.165) is 17.9 Å². The van der Waals surface area contributed by atoms with E-state index in [1.165, 1.54) is 23.5 Å². The predicted octanol–water partition coefficient (Wildman–Crippen LogP) is 2.92. The summed E-state index contributed by atoms with van der Waals surface area (Å²) in [5.74, 6) is 0.296. The summed E-state index contributed by atoms with van der Waals surface area (Å²) in [5.41, 5.74) is 0. The van der Waals surface area contributed by atoms with Gasteiger partial charge in [-0.1, -0.05) is 18.2 Å². The van der Waals surface area contributed by atoms with Gasteiger partial charge < -0.3 is 4.74 Å². The van der Waals surface area contributed by atoms with Gasteiger partial charge in [-0.3, -0.25) is 0 Å². The van der Waals surface area contributed by atoms with Crippen LogP contribution in [0, 0.1) is 5.82 Å². The molecule has 0 unspecified atom stereocenters. The molecule has 0 saturated heterocycles. The van der Waals surface area contributed by atoms with Gasteiger partial charge in [0.05, 0.1) is 11.5 Å². The first kappa shape index (κ1) is 16.5. The second kappa shape index (κ2) is 7.38. The van der Waals surface area contributed by atoms with E-state index in [-0.39, 0.29) is 4.90 Å². The standard InChI is InChI=1S/C16H18FNO3S/c1-18(12-5-13-21-15-6-3-2-4-7-15)22(19,20)16-10-8-14(17)9-11-16/h2-4,6-11H,5,12-13H2,1H3. The maximum atomic E-state index is 12.9. The Labute approximate surface area is 130 Å². The van der Waals surface area contributed by atoms with Crippen LogP contribution < -0.4 is 4.74 Å². The Balaban J connectivity index is 1.86. The molecular weight excluding hydrogens is 305 g/mol. The summed E-state index contributed by atoms with van der Waals surface area (Å²) >= 11 is 0. The second-order valence-corrected chi connectivity index (χ2v) is 6.84. The summed E-state index contributed by atoms with van der Waals surface area (Å²) in [5, 5.41) is 0. The van der Waals surface area contributed by atoms with E-state index in [9.17, 15) is 12.8 Å². The summed E-state index contributed by atoms with van der Waals surface area (Å²) in [6.07, 6.45) is 0.561. The van der Waals surface area contributed by atoms with Gasteiger partial charge >= 0.3 is 0 Å². The highest BCUT2D eigenvalue weighted by Gasteiger charge is 2.20. The van der Waals surface area contributed by atoms with E-state index < -0.39 is 15.8 Å². The first-order chi connectivity index (χ1) is 10.5. The molecule has 0 radical (unpaired) electrons. The van der Waals surface area contributed by atoms with Crippen molar-refractivity contribution >= 4 is 10.0 Å². The van der Waals surface area contributed by atoms with Crippen molar-refractivity contribution in [2.45, 2.75) is 11.3 Å². The van der Waals surface area contributed by atoms with Gasteiger partial charge in [0, 0.05) is 13.6 Å². The zero-order valence-corrected chi connectivity index (χ0v) is 13.1. The lowest BCUT2D eigenvalue weighted by molar-refractivity contribution is 0.296. The van der Waals surface area contributed by atoms with Crippen LogP contribution in [0.4, 0.5) is 4.39 Å². The van der Waals surface area contributed by atoms with E-state index in [2.05, 4.69) is 0 Å². The maximum absolute atomic E-state index is 12.9. The quantitative estimate of drug-likeness (QED) is 0.736. The molecule has 0 aliphatic rings. The van der Waals surface area contributed by atoms with Gasteiger partial charge in [0.1, 0.15) is 11.6 Å². The van der Waals surface area contributed by atoms with Crippen LogP contribution in [-0.2, 0) is 10.0 Å². The fourth-order valence-electron chi connectivity index (χ4n) is 1.90. The summed E-state index contributed by atoms with van der Waals surface area (Å²) in [6.45, 7) is 0.750. The Morgan fingerprint density at radius 3 is 2.32 bits per heavy atom. The monoisotopic (exact) mass is 323 g/mol. The van der Waals surface area contributed by atoms with Gasteiger partial charge in [-0.2, -0.15) is 0 Å². The Hall–Kier alpha value is -1.92.